The number of primary amides is 1. The number of benzene rings is 2. The number of nitrogens with one attached hydrogen (secondary N) is 2. The Morgan fingerprint density at radius 3 is 2.41 bits per heavy atom. The van der Waals surface area contributed by atoms with Crippen molar-refractivity contribution in [2.45, 2.75) is 43.0 Å². The maximum atomic E-state index is 13.1. The fourth-order valence-electron chi connectivity index (χ4n) is 6.42. The Kier molecular flexibility index (Phi) is 5.93. The molecule has 4 saturated carbocycles. The number of carbonyl (C=O) groups excluding carboxylic acids is 2. The summed E-state index contributed by atoms with van der Waals surface area (Å²) >= 11 is 9.38. The summed E-state index contributed by atoms with van der Waals surface area (Å²) in [6.07, 6.45) is 4.34. The molecule has 2 amide bonds. The van der Waals surface area contributed by atoms with Crippen LogP contribution in [0.4, 0.5) is 5.69 Å². The molecule has 4 fully saturated rings. The molecular weight excluding hydrogens is 542 g/mol. The lowest BCUT2D eigenvalue weighted by Gasteiger charge is -2.58. The number of amides is 2. The molecular formula is C24H25BrClN3O4S. The molecule has 0 aromatic heterocycles. The summed E-state index contributed by atoms with van der Waals surface area (Å²) in [5.41, 5.74) is 5.98. The van der Waals surface area contributed by atoms with E-state index in [0.717, 1.165) is 32.1 Å². The van der Waals surface area contributed by atoms with E-state index in [1.54, 1.807) is 24.3 Å². The lowest BCUT2D eigenvalue weighted by molar-refractivity contribution is -0.145. The van der Waals surface area contributed by atoms with Gasteiger partial charge >= 0.3 is 0 Å². The third kappa shape index (κ3) is 4.22. The van der Waals surface area contributed by atoms with Gasteiger partial charge in [-0.2, -0.15) is 0 Å². The second kappa shape index (κ2) is 8.53. The number of hydrogen-bond donors (Lipinski definition) is 3. The molecule has 0 aliphatic heterocycles. The number of carbonyl (C=O) groups is 2. The number of hydrogen-bond acceptors (Lipinski definition) is 4. The van der Waals surface area contributed by atoms with E-state index < -0.39 is 15.4 Å². The van der Waals surface area contributed by atoms with Gasteiger partial charge in [0, 0.05) is 27.2 Å². The van der Waals surface area contributed by atoms with Crippen molar-refractivity contribution in [2.24, 2.45) is 28.9 Å². The first-order chi connectivity index (χ1) is 16.1. The zero-order valence-corrected chi connectivity index (χ0v) is 21.4. The van der Waals surface area contributed by atoms with Crippen LogP contribution in [0.1, 0.15) is 42.5 Å². The van der Waals surface area contributed by atoms with Crippen LogP contribution in [0.15, 0.2) is 51.8 Å². The van der Waals surface area contributed by atoms with Crippen LogP contribution in [-0.4, -0.2) is 26.3 Å². The summed E-state index contributed by atoms with van der Waals surface area (Å²) in [6, 6.07) is 10.9. The predicted molar refractivity (Wildman–Crippen MR) is 133 cm³/mol. The molecule has 0 radical (unpaired) electrons. The van der Waals surface area contributed by atoms with Crippen molar-refractivity contribution in [3.05, 3.63) is 57.5 Å². The van der Waals surface area contributed by atoms with Gasteiger partial charge < -0.3 is 11.1 Å². The van der Waals surface area contributed by atoms with Crippen molar-refractivity contribution in [3.63, 3.8) is 0 Å². The van der Waals surface area contributed by atoms with Gasteiger partial charge in [-0.05, 0) is 86.3 Å². The summed E-state index contributed by atoms with van der Waals surface area (Å²) in [6.45, 7) is 0. The van der Waals surface area contributed by atoms with Gasteiger partial charge in [0.05, 0.1) is 5.02 Å². The molecule has 4 N–H and O–H groups in total. The standard InChI is InChI=1S/C24H25BrClN3O4S/c25-17-4-5-20(19(26)9-17)34(32,33)29-18-3-1-2-14(8-18)22(30)28-21-15-6-13-7-16(21)12-24(10-13,11-15)23(27)31/h1-5,8-9,13,15-16,21,29H,6-7,10-12H2,(H2,27,31)(H,28,30). The van der Waals surface area contributed by atoms with E-state index in [9.17, 15) is 18.0 Å². The number of sulfonamides is 1. The van der Waals surface area contributed by atoms with Crippen molar-refractivity contribution < 1.29 is 18.0 Å². The van der Waals surface area contributed by atoms with E-state index in [1.165, 1.54) is 18.2 Å². The third-order valence-corrected chi connectivity index (χ3v) is 10.0. The van der Waals surface area contributed by atoms with E-state index in [2.05, 4.69) is 26.0 Å². The predicted octanol–water partition coefficient (Wildman–Crippen LogP) is 4.31. The molecule has 4 aliphatic rings. The summed E-state index contributed by atoms with van der Waals surface area (Å²) < 4.78 is 28.8. The van der Waals surface area contributed by atoms with Gasteiger partial charge in [0.25, 0.3) is 15.9 Å². The summed E-state index contributed by atoms with van der Waals surface area (Å²) in [7, 11) is -3.94. The molecule has 4 bridgehead atoms. The van der Waals surface area contributed by atoms with E-state index in [1.807, 2.05) is 0 Å². The highest BCUT2D eigenvalue weighted by Crippen LogP contribution is 2.59. The normalized spacial score (nSPS) is 29.6. The lowest BCUT2D eigenvalue weighted by Crippen LogP contribution is -2.62. The number of nitrogens with two attached hydrogens (primary N) is 1. The Morgan fingerprint density at radius 1 is 1.06 bits per heavy atom. The molecule has 6 rings (SSSR count). The van der Waals surface area contributed by atoms with Crippen LogP contribution < -0.4 is 15.8 Å². The second-order valence-corrected chi connectivity index (χ2v) is 12.8. The van der Waals surface area contributed by atoms with Gasteiger partial charge in [-0.15, -0.1) is 0 Å². The van der Waals surface area contributed by atoms with Gasteiger partial charge in [-0.25, -0.2) is 8.42 Å². The monoisotopic (exact) mass is 565 g/mol. The van der Waals surface area contributed by atoms with Gasteiger partial charge in [-0.1, -0.05) is 33.6 Å². The van der Waals surface area contributed by atoms with Gasteiger partial charge in [0.15, 0.2) is 0 Å². The molecule has 2 aromatic carbocycles. The summed E-state index contributed by atoms with van der Waals surface area (Å²) in [5.74, 6) is 0.519. The topological polar surface area (TPSA) is 118 Å². The second-order valence-electron chi connectivity index (χ2n) is 9.87. The van der Waals surface area contributed by atoms with Crippen LogP contribution in [0, 0.1) is 23.2 Å². The minimum absolute atomic E-state index is 0.00144. The first-order valence-corrected chi connectivity index (χ1v) is 13.9. The van der Waals surface area contributed by atoms with Crippen LogP contribution in [0.5, 0.6) is 0 Å². The fourth-order valence-corrected chi connectivity index (χ4v) is 8.51. The molecule has 4 aliphatic carbocycles. The van der Waals surface area contributed by atoms with Crippen molar-refractivity contribution >= 4 is 55.1 Å². The molecule has 34 heavy (non-hydrogen) atoms. The van der Waals surface area contributed by atoms with E-state index in [0.29, 0.717) is 16.0 Å². The van der Waals surface area contributed by atoms with Crippen molar-refractivity contribution in [1.29, 1.82) is 0 Å². The van der Waals surface area contributed by atoms with Gasteiger partial charge in [0.2, 0.25) is 5.91 Å². The highest BCUT2D eigenvalue weighted by atomic mass is 79.9. The Hall–Kier alpha value is -2.10. The van der Waals surface area contributed by atoms with E-state index in [4.69, 9.17) is 17.3 Å². The smallest absolute Gasteiger partial charge is 0.263 e. The quantitative estimate of drug-likeness (QED) is 0.483. The molecule has 0 spiro atoms. The summed E-state index contributed by atoms with van der Waals surface area (Å²) in [4.78, 5) is 25.2. The SMILES string of the molecule is NC(=O)C12CC3CC(C1)C(NC(=O)c1cccc(NS(=O)(=O)c4ccc(Br)cc4Cl)c1)C(C3)C2. The molecule has 7 nitrogen and oxygen atoms in total. The average Bonchev–Trinajstić information content (AvgIpc) is 2.75. The number of anilines is 1. The largest absolute Gasteiger partial charge is 0.369 e. The van der Waals surface area contributed by atoms with Crippen molar-refractivity contribution in [3.8, 4) is 0 Å². The zero-order valence-electron chi connectivity index (χ0n) is 18.3. The highest BCUT2D eigenvalue weighted by Gasteiger charge is 2.58. The van der Waals surface area contributed by atoms with Crippen molar-refractivity contribution in [1.82, 2.24) is 5.32 Å². The molecule has 2 atom stereocenters. The highest BCUT2D eigenvalue weighted by molar-refractivity contribution is 9.10. The molecule has 0 heterocycles. The molecule has 180 valence electrons. The first-order valence-electron chi connectivity index (χ1n) is 11.2. The maximum Gasteiger partial charge on any atom is 0.263 e. The Labute approximate surface area is 212 Å². The minimum atomic E-state index is -3.94. The molecule has 0 saturated heterocycles. The van der Waals surface area contributed by atoms with Crippen LogP contribution in [0.25, 0.3) is 0 Å². The van der Waals surface area contributed by atoms with Crippen LogP contribution in [0.3, 0.4) is 0 Å². The van der Waals surface area contributed by atoms with Crippen LogP contribution in [0.2, 0.25) is 5.02 Å². The number of halogens is 2. The average molecular weight is 567 g/mol. The zero-order chi connectivity index (χ0) is 24.3. The van der Waals surface area contributed by atoms with Crippen LogP contribution >= 0.6 is 27.5 Å². The molecule has 2 unspecified atom stereocenters. The van der Waals surface area contributed by atoms with Gasteiger partial charge in [-0.3, -0.25) is 14.3 Å². The molecule has 2 aromatic rings. The van der Waals surface area contributed by atoms with E-state index in [-0.39, 0.29) is 45.3 Å². The van der Waals surface area contributed by atoms with Gasteiger partial charge in [0.1, 0.15) is 4.90 Å². The Morgan fingerprint density at radius 2 is 1.76 bits per heavy atom. The Balaban J connectivity index is 1.31. The number of rotatable bonds is 6. The van der Waals surface area contributed by atoms with Crippen molar-refractivity contribution in [2.75, 3.05) is 4.72 Å². The van der Waals surface area contributed by atoms with E-state index >= 15 is 0 Å². The van der Waals surface area contributed by atoms with Crippen LogP contribution in [-0.2, 0) is 14.8 Å². The molecule has 10 heteroatoms. The fraction of sp³-hybridized carbons (Fsp3) is 0.417. The maximum absolute atomic E-state index is 13.1. The third-order valence-electron chi connectivity index (χ3n) is 7.65. The lowest BCUT2D eigenvalue weighted by atomic mass is 9.47. The Bertz CT molecular complexity index is 1270. The summed E-state index contributed by atoms with van der Waals surface area (Å²) in [5, 5.41) is 3.27. The first kappa shape index (κ1) is 23.6. The minimum Gasteiger partial charge on any atom is -0.369 e.